The Labute approximate surface area is 197 Å². The SMILES string of the molecule is COc1ncc(Cl)cc1S(=O)(=O)Nc1ccc(F)c(C#Cc2cnc(N)c3cnn(C)c23)c1F. The molecule has 0 unspecified atom stereocenters. The first-order valence-corrected chi connectivity index (χ1v) is 11.3. The molecule has 4 aromatic rings. The van der Waals surface area contributed by atoms with E-state index in [1.54, 1.807) is 7.05 Å². The summed E-state index contributed by atoms with van der Waals surface area (Å²) in [7, 11) is -1.53. The number of nitrogens with one attached hydrogen (secondary N) is 1. The molecule has 0 fully saturated rings. The number of benzene rings is 1. The van der Waals surface area contributed by atoms with Gasteiger partial charge in [0.1, 0.15) is 11.6 Å². The second kappa shape index (κ2) is 8.77. The molecule has 0 aliphatic rings. The van der Waals surface area contributed by atoms with Crippen molar-refractivity contribution in [3.63, 3.8) is 0 Å². The number of anilines is 2. The molecule has 1 aromatic carbocycles. The molecule has 0 spiro atoms. The molecular formula is C21H15ClF2N6O3S. The predicted molar refractivity (Wildman–Crippen MR) is 122 cm³/mol. The fraction of sp³-hybridized carbons (Fsp3) is 0.0952. The van der Waals surface area contributed by atoms with E-state index < -0.39 is 37.8 Å². The molecule has 0 aliphatic carbocycles. The van der Waals surface area contributed by atoms with Gasteiger partial charge in [0, 0.05) is 19.4 Å². The molecule has 0 aliphatic heterocycles. The summed E-state index contributed by atoms with van der Waals surface area (Å²) in [6.45, 7) is 0. The lowest BCUT2D eigenvalue weighted by molar-refractivity contribution is 0.385. The van der Waals surface area contributed by atoms with E-state index in [4.69, 9.17) is 22.1 Å². The number of methoxy groups -OCH3 is 1. The molecule has 0 atom stereocenters. The maximum Gasteiger partial charge on any atom is 0.267 e. The molecule has 3 heterocycles. The van der Waals surface area contributed by atoms with Gasteiger partial charge in [0.15, 0.2) is 10.7 Å². The van der Waals surface area contributed by atoms with Crippen LogP contribution in [-0.2, 0) is 17.1 Å². The van der Waals surface area contributed by atoms with Crippen molar-refractivity contribution in [1.82, 2.24) is 19.7 Å². The van der Waals surface area contributed by atoms with E-state index in [1.165, 1.54) is 30.4 Å². The van der Waals surface area contributed by atoms with Crippen LogP contribution in [0.25, 0.3) is 10.9 Å². The van der Waals surface area contributed by atoms with Gasteiger partial charge in [0.05, 0.1) is 46.0 Å². The standard InChI is InChI=1S/C21H15ClF2N6O3S/c1-30-19-11(8-26-20(25)14(19)10-28-30)3-4-13-15(23)5-6-16(18(13)24)29-34(31,32)17-7-12(22)9-27-21(17)33-2/h5-10,29H,1-2H3,(H2,25,26). The highest BCUT2D eigenvalue weighted by molar-refractivity contribution is 7.92. The first-order valence-electron chi connectivity index (χ1n) is 9.41. The van der Waals surface area contributed by atoms with Crippen LogP contribution in [0.15, 0.2) is 41.7 Å². The fourth-order valence-electron chi connectivity index (χ4n) is 3.13. The summed E-state index contributed by atoms with van der Waals surface area (Å²) in [4.78, 5) is 7.37. The third kappa shape index (κ3) is 4.18. The van der Waals surface area contributed by atoms with Crippen LogP contribution in [0.1, 0.15) is 11.1 Å². The molecule has 3 N–H and O–H groups in total. The number of nitrogen functional groups attached to an aromatic ring is 1. The minimum atomic E-state index is -4.40. The van der Waals surface area contributed by atoms with Crippen molar-refractivity contribution in [3.05, 3.63) is 64.6 Å². The average Bonchev–Trinajstić information content (AvgIpc) is 3.19. The number of halogens is 3. The molecule has 9 nitrogen and oxygen atoms in total. The molecule has 0 bridgehead atoms. The highest BCUT2D eigenvalue weighted by Gasteiger charge is 2.24. The Balaban J connectivity index is 1.76. The van der Waals surface area contributed by atoms with Crippen molar-refractivity contribution < 1.29 is 21.9 Å². The zero-order valence-electron chi connectivity index (χ0n) is 17.6. The van der Waals surface area contributed by atoms with Gasteiger partial charge in [-0.15, -0.1) is 0 Å². The molecule has 4 rings (SSSR count). The summed E-state index contributed by atoms with van der Waals surface area (Å²) in [5, 5.41) is 4.64. The van der Waals surface area contributed by atoms with E-state index in [1.807, 2.05) is 0 Å². The average molecular weight is 505 g/mol. The minimum absolute atomic E-state index is 0.0193. The van der Waals surface area contributed by atoms with Crippen molar-refractivity contribution in [2.24, 2.45) is 7.05 Å². The number of rotatable bonds is 4. The van der Waals surface area contributed by atoms with Gasteiger partial charge in [-0.2, -0.15) is 5.10 Å². The highest BCUT2D eigenvalue weighted by Crippen LogP contribution is 2.29. The third-order valence-electron chi connectivity index (χ3n) is 4.73. The smallest absolute Gasteiger partial charge is 0.267 e. The van der Waals surface area contributed by atoms with Gasteiger partial charge < -0.3 is 10.5 Å². The van der Waals surface area contributed by atoms with Gasteiger partial charge in [-0.1, -0.05) is 23.4 Å². The maximum atomic E-state index is 15.1. The van der Waals surface area contributed by atoms with Crippen LogP contribution in [0.3, 0.4) is 0 Å². The Bertz CT molecular complexity index is 1610. The second-order valence-corrected chi connectivity index (χ2v) is 8.98. The Morgan fingerprint density at radius 2 is 1.94 bits per heavy atom. The van der Waals surface area contributed by atoms with E-state index in [0.29, 0.717) is 16.5 Å². The van der Waals surface area contributed by atoms with Gasteiger partial charge in [0.25, 0.3) is 10.0 Å². The number of hydrogen-bond acceptors (Lipinski definition) is 7. The fourth-order valence-corrected chi connectivity index (χ4v) is 4.56. The van der Waals surface area contributed by atoms with Crippen molar-refractivity contribution in [1.29, 1.82) is 0 Å². The Kier molecular flexibility index (Phi) is 5.99. The molecule has 0 saturated heterocycles. The lowest BCUT2D eigenvalue weighted by atomic mass is 10.1. The molecule has 174 valence electrons. The number of fused-ring (bicyclic) bond motifs is 1. The summed E-state index contributed by atoms with van der Waals surface area (Å²) in [6.07, 6.45) is 4.04. The van der Waals surface area contributed by atoms with Crippen LogP contribution in [0, 0.1) is 23.5 Å². The van der Waals surface area contributed by atoms with Crippen molar-refractivity contribution in [2.45, 2.75) is 4.90 Å². The highest BCUT2D eigenvalue weighted by atomic mass is 35.5. The first kappa shape index (κ1) is 23.2. The molecule has 34 heavy (non-hydrogen) atoms. The van der Waals surface area contributed by atoms with E-state index >= 15 is 4.39 Å². The van der Waals surface area contributed by atoms with Crippen LogP contribution in [0.5, 0.6) is 5.88 Å². The Hall–Kier alpha value is -3.95. The number of nitrogens with two attached hydrogens (primary N) is 1. The van der Waals surface area contributed by atoms with E-state index in [0.717, 1.165) is 18.2 Å². The van der Waals surface area contributed by atoms with Gasteiger partial charge >= 0.3 is 0 Å². The summed E-state index contributed by atoms with van der Waals surface area (Å²) >= 11 is 5.84. The number of hydrogen-bond donors (Lipinski definition) is 2. The molecule has 3 aromatic heterocycles. The molecule has 0 radical (unpaired) electrons. The lowest BCUT2D eigenvalue weighted by Gasteiger charge is -2.12. The molecule has 0 saturated carbocycles. The van der Waals surface area contributed by atoms with Crippen LogP contribution in [0.2, 0.25) is 5.02 Å². The van der Waals surface area contributed by atoms with Crippen LogP contribution in [0.4, 0.5) is 20.3 Å². The summed E-state index contributed by atoms with van der Waals surface area (Å²) in [6, 6.07) is 2.91. The maximum absolute atomic E-state index is 15.1. The van der Waals surface area contributed by atoms with E-state index in [9.17, 15) is 12.8 Å². The third-order valence-corrected chi connectivity index (χ3v) is 6.29. The zero-order valence-corrected chi connectivity index (χ0v) is 19.2. The van der Waals surface area contributed by atoms with E-state index in [-0.39, 0.29) is 16.7 Å². The summed E-state index contributed by atoms with van der Waals surface area (Å²) in [5.74, 6) is 2.84. The van der Waals surface area contributed by atoms with Crippen LogP contribution in [-0.4, -0.2) is 35.3 Å². The molecule has 0 amide bonds. The van der Waals surface area contributed by atoms with Crippen molar-refractivity contribution in [3.8, 4) is 17.7 Å². The van der Waals surface area contributed by atoms with E-state index in [2.05, 4.69) is 31.6 Å². The van der Waals surface area contributed by atoms with Gasteiger partial charge in [-0.05, 0) is 18.2 Å². The number of sulfonamides is 1. The monoisotopic (exact) mass is 504 g/mol. The first-order chi connectivity index (χ1) is 16.1. The topological polar surface area (TPSA) is 125 Å². The minimum Gasteiger partial charge on any atom is -0.480 e. The zero-order chi connectivity index (χ0) is 24.6. The summed E-state index contributed by atoms with van der Waals surface area (Å²) < 4.78 is 63.7. The number of aromatic nitrogens is 4. The van der Waals surface area contributed by atoms with Crippen molar-refractivity contribution in [2.75, 3.05) is 17.6 Å². The Morgan fingerprint density at radius 1 is 1.18 bits per heavy atom. The number of aryl methyl sites for hydroxylation is 1. The number of nitrogens with zero attached hydrogens (tertiary/aromatic N) is 4. The van der Waals surface area contributed by atoms with Crippen molar-refractivity contribution >= 4 is 44.0 Å². The van der Waals surface area contributed by atoms with Gasteiger partial charge in [0.2, 0.25) is 5.88 Å². The molecule has 13 heteroatoms. The van der Waals surface area contributed by atoms with Crippen LogP contribution < -0.4 is 15.2 Å². The van der Waals surface area contributed by atoms with Crippen LogP contribution >= 0.6 is 11.6 Å². The largest absolute Gasteiger partial charge is 0.480 e. The molecular weight excluding hydrogens is 490 g/mol. The summed E-state index contributed by atoms with van der Waals surface area (Å²) in [5.41, 5.74) is 5.50. The Morgan fingerprint density at radius 3 is 2.68 bits per heavy atom. The van der Waals surface area contributed by atoms with Gasteiger partial charge in [-0.3, -0.25) is 9.40 Å². The second-order valence-electron chi connectivity index (χ2n) is 6.89. The number of ether oxygens (including phenoxy) is 1. The number of pyridine rings is 2. The van der Waals surface area contributed by atoms with Gasteiger partial charge in [-0.25, -0.2) is 27.2 Å². The lowest BCUT2D eigenvalue weighted by Crippen LogP contribution is -2.16. The predicted octanol–water partition coefficient (Wildman–Crippen LogP) is 3.09. The normalized spacial score (nSPS) is 11.2. The quantitative estimate of drug-likeness (QED) is 0.409.